The van der Waals surface area contributed by atoms with Crippen molar-refractivity contribution in [3.05, 3.63) is 35.9 Å². The standard InChI is InChI=1S/C12H14O6/c13-8-6-17-12(16)10(9(8)14)18-11(15)7-4-2-1-3-5-7/h1-5,8-10,12-14,16H,6H2/t8-,9+,10-,12-/m1/s1. The average molecular weight is 254 g/mol. The number of benzene rings is 1. The molecule has 0 saturated carbocycles. The van der Waals surface area contributed by atoms with E-state index in [0.717, 1.165) is 0 Å². The number of hydrogen-bond acceptors (Lipinski definition) is 6. The lowest BCUT2D eigenvalue weighted by Crippen LogP contribution is -2.54. The van der Waals surface area contributed by atoms with Crippen LogP contribution in [0.15, 0.2) is 30.3 Å². The molecule has 18 heavy (non-hydrogen) atoms. The lowest BCUT2D eigenvalue weighted by atomic mass is 10.1. The molecule has 1 heterocycles. The number of hydrogen-bond donors (Lipinski definition) is 3. The Balaban J connectivity index is 2.06. The van der Waals surface area contributed by atoms with Gasteiger partial charge in [0.2, 0.25) is 0 Å². The van der Waals surface area contributed by atoms with Gasteiger partial charge in [0.1, 0.15) is 12.2 Å². The monoisotopic (exact) mass is 254 g/mol. The first-order chi connectivity index (χ1) is 8.59. The summed E-state index contributed by atoms with van der Waals surface area (Å²) in [7, 11) is 0. The first kappa shape index (κ1) is 13.0. The van der Waals surface area contributed by atoms with Crippen LogP contribution >= 0.6 is 0 Å². The van der Waals surface area contributed by atoms with Crippen LogP contribution in [-0.4, -0.2) is 52.5 Å². The van der Waals surface area contributed by atoms with E-state index in [2.05, 4.69) is 0 Å². The van der Waals surface area contributed by atoms with Crippen molar-refractivity contribution in [3.8, 4) is 0 Å². The molecule has 0 radical (unpaired) electrons. The van der Waals surface area contributed by atoms with Crippen molar-refractivity contribution in [1.29, 1.82) is 0 Å². The molecule has 6 nitrogen and oxygen atoms in total. The highest BCUT2D eigenvalue weighted by molar-refractivity contribution is 5.89. The number of aliphatic hydroxyl groups is 3. The summed E-state index contributed by atoms with van der Waals surface area (Å²) in [4.78, 5) is 11.7. The molecule has 98 valence electrons. The highest BCUT2D eigenvalue weighted by atomic mass is 16.7. The van der Waals surface area contributed by atoms with Gasteiger partial charge in [-0.15, -0.1) is 0 Å². The molecule has 0 bridgehead atoms. The van der Waals surface area contributed by atoms with E-state index in [1.54, 1.807) is 30.3 Å². The van der Waals surface area contributed by atoms with Gasteiger partial charge in [-0.3, -0.25) is 0 Å². The number of aliphatic hydroxyl groups excluding tert-OH is 3. The predicted molar refractivity (Wildman–Crippen MR) is 59.6 cm³/mol. The summed E-state index contributed by atoms with van der Waals surface area (Å²) in [5.41, 5.74) is 0.289. The lowest BCUT2D eigenvalue weighted by molar-refractivity contribution is -0.251. The summed E-state index contributed by atoms with van der Waals surface area (Å²) in [6, 6.07) is 8.15. The van der Waals surface area contributed by atoms with Crippen molar-refractivity contribution in [2.24, 2.45) is 0 Å². The second kappa shape index (κ2) is 5.45. The molecule has 1 fully saturated rings. The molecule has 6 heteroatoms. The van der Waals surface area contributed by atoms with Crippen LogP contribution in [0.4, 0.5) is 0 Å². The van der Waals surface area contributed by atoms with E-state index in [1.165, 1.54) is 0 Å². The van der Waals surface area contributed by atoms with Crippen LogP contribution in [0.25, 0.3) is 0 Å². The quantitative estimate of drug-likeness (QED) is 0.603. The number of ether oxygens (including phenoxy) is 2. The summed E-state index contributed by atoms with van der Waals surface area (Å²) in [5.74, 6) is -0.698. The van der Waals surface area contributed by atoms with E-state index in [9.17, 15) is 20.1 Å². The summed E-state index contributed by atoms with van der Waals surface area (Å²) < 4.78 is 9.73. The van der Waals surface area contributed by atoms with Crippen molar-refractivity contribution in [3.63, 3.8) is 0 Å². The zero-order valence-corrected chi connectivity index (χ0v) is 9.47. The third kappa shape index (κ3) is 2.68. The molecule has 0 aromatic heterocycles. The van der Waals surface area contributed by atoms with Gasteiger partial charge in [-0.1, -0.05) is 18.2 Å². The van der Waals surface area contributed by atoms with Gasteiger partial charge in [0, 0.05) is 0 Å². The van der Waals surface area contributed by atoms with Crippen molar-refractivity contribution < 1.29 is 29.6 Å². The molecule has 0 unspecified atom stereocenters. The molecule has 0 spiro atoms. The molecule has 1 aliphatic rings. The first-order valence-corrected chi connectivity index (χ1v) is 5.51. The maximum atomic E-state index is 11.7. The predicted octanol–water partition coefficient (Wildman–Crippen LogP) is -0.718. The molecular formula is C12H14O6. The number of carbonyl (C=O) groups is 1. The van der Waals surface area contributed by atoms with Crippen molar-refractivity contribution in [2.75, 3.05) is 6.61 Å². The Kier molecular flexibility index (Phi) is 3.93. The van der Waals surface area contributed by atoms with E-state index in [1.807, 2.05) is 0 Å². The van der Waals surface area contributed by atoms with Gasteiger partial charge in [-0.2, -0.15) is 0 Å². The van der Waals surface area contributed by atoms with Gasteiger partial charge in [0.05, 0.1) is 12.2 Å². The highest BCUT2D eigenvalue weighted by Crippen LogP contribution is 2.18. The zero-order valence-electron chi connectivity index (χ0n) is 9.47. The van der Waals surface area contributed by atoms with Gasteiger partial charge >= 0.3 is 5.97 Å². The fourth-order valence-electron chi connectivity index (χ4n) is 1.67. The lowest BCUT2D eigenvalue weighted by Gasteiger charge is -2.34. The van der Waals surface area contributed by atoms with Gasteiger partial charge in [-0.05, 0) is 12.1 Å². The largest absolute Gasteiger partial charge is 0.450 e. The van der Waals surface area contributed by atoms with Gasteiger partial charge in [-0.25, -0.2) is 4.79 Å². The van der Waals surface area contributed by atoms with Crippen LogP contribution < -0.4 is 0 Å². The van der Waals surface area contributed by atoms with Crippen LogP contribution in [0.1, 0.15) is 10.4 Å². The van der Waals surface area contributed by atoms with Crippen LogP contribution in [0.3, 0.4) is 0 Å². The maximum absolute atomic E-state index is 11.7. The highest BCUT2D eigenvalue weighted by Gasteiger charge is 2.40. The van der Waals surface area contributed by atoms with E-state index < -0.39 is 30.6 Å². The van der Waals surface area contributed by atoms with E-state index in [0.29, 0.717) is 0 Å². The Morgan fingerprint density at radius 2 is 1.89 bits per heavy atom. The Morgan fingerprint density at radius 3 is 2.56 bits per heavy atom. The van der Waals surface area contributed by atoms with Gasteiger partial charge in [0.25, 0.3) is 0 Å². The van der Waals surface area contributed by atoms with E-state index >= 15 is 0 Å². The molecule has 3 N–H and O–H groups in total. The van der Waals surface area contributed by atoms with Crippen LogP contribution in [0.2, 0.25) is 0 Å². The molecule has 0 aliphatic carbocycles. The topological polar surface area (TPSA) is 96.2 Å². The average Bonchev–Trinajstić information content (AvgIpc) is 2.40. The van der Waals surface area contributed by atoms with Gasteiger partial charge < -0.3 is 24.8 Å². The molecule has 1 aliphatic heterocycles. The summed E-state index contributed by atoms with van der Waals surface area (Å²) in [5, 5.41) is 28.5. The van der Waals surface area contributed by atoms with Crippen LogP contribution in [0.5, 0.6) is 0 Å². The molecule has 1 saturated heterocycles. The zero-order chi connectivity index (χ0) is 13.1. The van der Waals surface area contributed by atoms with Crippen molar-refractivity contribution in [1.82, 2.24) is 0 Å². The van der Waals surface area contributed by atoms with Crippen LogP contribution in [0, 0.1) is 0 Å². The summed E-state index contributed by atoms with van der Waals surface area (Å²) in [6.07, 6.45) is -5.32. The molecule has 1 aromatic rings. The number of rotatable bonds is 2. The smallest absolute Gasteiger partial charge is 0.338 e. The normalized spacial score (nSPS) is 31.9. The Labute approximate surface area is 103 Å². The second-order valence-electron chi connectivity index (χ2n) is 4.02. The Hall–Kier alpha value is -1.47. The fraction of sp³-hybridized carbons (Fsp3) is 0.417. The summed E-state index contributed by atoms with van der Waals surface area (Å²) in [6.45, 7) is -0.207. The number of carbonyl (C=O) groups excluding carboxylic acids is 1. The molecule has 1 aromatic carbocycles. The third-order valence-corrected chi connectivity index (χ3v) is 2.70. The Morgan fingerprint density at radius 1 is 1.22 bits per heavy atom. The van der Waals surface area contributed by atoms with Crippen molar-refractivity contribution >= 4 is 5.97 Å². The molecular weight excluding hydrogens is 240 g/mol. The second-order valence-corrected chi connectivity index (χ2v) is 4.02. The minimum Gasteiger partial charge on any atom is -0.450 e. The van der Waals surface area contributed by atoms with E-state index in [4.69, 9.17) is 9.47 Å². The number of esters is 1. The van der Waals surface area contributed by atoms with E-state index in [-0.39, 0.29) is 12.2 Å². The first-order valence-electron chi connectivity index (χ1n) is 5.51. The van der Waals surface area contributed by atoms with Crippen LogP contribution in [-0.2, 0) is 9.47 Å². The fourth-order valence-corrected chi connectivity index (χ4v) is 1.67. The minimum absolute atomic E-state index is 0.207. The van der Waals surface area contributed by atoms with Crippen molar-refractivity contribution in [2.45, 2.75) is 24.6 Å². The SMILES string of the molecule is O=C(O[C@@H]1[C@@H](O)[C@H](O)CO[C@H]1O)c1ccccc1. The minimum atomic E-state index is -1.45. The third-order valence-electron chi connectivity index (χ3n) is 2.70. The molecule has 0 amide bonds. The molecule has 4 atom stereocenters. The maximum Gasteiger partial charge on any atom is 0.338 e. The van der Waals surface area contributed by atoms with Gasteiger partial charge in [0.15, 0.2) is 12.4 Å². The Bertz CT molecular complexity index is 406. The molecule has 2 rings (SSSR count). The summed E-state index contributed by atoms with van der Waals surface area (Å²) >= 11 is 0.